The summed E-state index contributed by atoms with van der Waals surface area (Å²) in [5, 5.41) is 0. The zero-order valence-electron chi connectivity index (χ0n) is 9.54. The molecule has 1 atom stereocenters. The maximum atomic E-state index is 11.7. The summed E-state index contributed by atoms with van der Waals surface area (Å²) in [6, 6.07) is 8.71. The van der Waals surface area contributed by atoms with Crippen LogP contribution in [0, 0.1) is 0 Å². The fourth-order valence-corrected chi connectivity index (χ4v) is 1.23. The highest BCUT2D eigenvalue weighted by Crippen LogP contribution is 2.18. The molecule has 1 rings (SSSR count). The third kappa shape index (κ3) is 4.10. The topological polar surface area (TPSA) is 52.6 Å². The van der Waals surface area contributed by atoms with Crippen LogP contribution in [0.2, 0.25) is 0 Å². The second kappa shape index (κ2) is 7.22. The second-order valence-corrected chi connectivity index (χ2v) is 3.24. The van der Waals surface area contributed by atoms with Gasteiger partial charge in [-0.2, -0.15) is 0 Å². The summed E-state index contributed by atoms with van der Waals surface area (Å²) in [5.74, 6) is -0.618. The van der Waals surface area contributed by atoms with E-state index in [1.54, 1.807) is 30.3 Å². The van der Waals surface area contributed by atoms with E-state index in [1.807, 2.05) is 13.0 Å². The van der Waals surface area contributed by atoms with Gasteiger partial charge in [0.05, 0.1) is 6.26 Å². The van der Waals surface area contributed by atoms with Gasteiger partial charge < -0.3 is 9.47 Å². The van der Waals surface area contributed by atoms with Crippen LogP contribution in [0.25, 0.3) is 0 Å². The van der Waals surface area contributed by atoms with Crippen LogP contribution in [0.15, 0.2) is 42.7 Å². The van der Waals surface area contributed by atoms with E-state index in [4.69, 9.17) is 9.47 Å². The van der Waals surface area contributed by atoms with Gasteiger partial charge in [0, 0.05) is 5.56 Å². The third-order valence-corrected chi connectivity index (χ3v) is 2.02. The number of carbonyl (C=O) groups is 2. The molecule has 0 heterocycles. The molecule has 0 saturated carbocycles. The first-order valence-electron chi connectivity index (χ1n) is 5.29. The number of hydrogen-bond acceptors (Lipinski definition) is 4. The van der Waals surface area contributed by atoms with Crippen LogP contribution in [-0.4, -0.2) is 12.4 Å². The minimum absolute atomic E-state index is 0.239. The fourth-order valence-electron chi connectivity index (χ4n) is 1.23. The molecule has 17 heavy (non-hydrogen) atoms. The molecule has 0 saturated heterocycles. The largest absolute Gasteiger partial charge is 0.448 e. The van der Waals surface area contributed by atoms with Crippen molar-refractivity contribution in [3.05, 3.63) is 48.2 Å². The van der Waals surface area contributed by atoms with E-state index in [0.29, 0.717) is 5.56 Å². The van der Waals surface area contributed by atoms with Crippen molar-refractivity contribution in [2.24, 2.45) is 0 Å². The van der Waals surface area contributed by atoms with Crippen LogP contribution in [-0.2, 0) is 19.1 Å². The monoisotopic (exact) mass is 234 g/mol. The van der Waals surface area contributed by atoms with Crippen molar-refractivity contribution < 1.29 is 19.1 Å². The highest BCUT2D eigenvalue weighted by molar-refractivity contribution is 5.78. The first-order chi connectivity index (χ1) is 8.29. The van der Waals surface area contributed by atoms with Crippen LogP contribution < -0.4 is 0 Å². The quantitative estimate of drug-likeness (QED) is 0.431. The minimum atomic E-state index is -1.02. The Morgan fingerprint density at radius 3 is 2.65 bits per heavy atom. The molecule has 0 spiro atoms. The lowest BCUT2D eigenvalue weighted by atomic mass is 10.1. The maximum Gasteiger partial charge on any atom is 0.357 e. The number of esters is 1. The van der Waals surface area contributed by atoms with Crippen molar-refractivity contribution in [2.75, 3.05) is 0 Å². The summed E-state index contributed by atoms with van der Waals surface area (Å²) in [6.07, 6.45) is 2.74. The standard InChI is InChI=1S/C13H14O4/c1-2-3-9-16-13(15)12(17-10-14)11-7-5-4-6-8-11/h3-10,12H,2H2,1H3. The van der Waals surface area contributed by atoms with Gasteiger partial charge in [-0.25, -0.2) is 4.79 Å². The van der Waals surface area contributed by atoms with Crippen molar-refractivity contribution in [1.29, 1.82) is 0 Å². The van der Waals surface area contributed by atoms with E-state index >= 15 is 0 Å². The van der Waals surface area contributed by atoms with E-state index in [2.05, 4.69) is 0 Å². The lowest BCUT2D eigenvalue weighted by Crippen LogP contribution is -2.16. The molecule has 1 aromatic carbocycles. The Hall–Kier alpha value is -2.10. The van der Waals surface area contributed by atoms with Crippen molar-refractivity contribution in [3.63, 3.8) is 0 Å². The van der Waals surface area contributed by atoms with Gasteiger partial charge in [0.2, 0.25) is 6.10 Å². The molecule has 0 bridgehead atoms. The molecule has 1 aromatic rings. The molecule has 0 N–H and O–H groups in total. The van der Waals surface area contributed by atoms with Crippen molar-refractivity contribution in [1.82, 2.24) is 0 Å². The van der Waals surface area contributed by atoms with Crippen molar-refractivity contribution in [2.45, 2.75) is 19.4 Å². The average molecular weight is 234 g/mol. The summed E-state index contributed by atoms with van der Waals surface area (Å²) in [7, 11) is 0. The normalized spacial score (nSPS) is 12.1. The predicted octanol–water partition coefficient (Wildman–Crippen LogP) is 2.37. The minimum Gasteiger partial charge on any atom is -0.448 e. The number of allylic oxidation sites excluding steroid dienone is 1. The third-order valence-electron chi connectivity index (χ3n) is 2.02. The van der Waals surface area contributed by atoms with Crippen LogP contribution >= 0.6 is 0 Å². The van der Waals surface area contributed by atoms with Crippen molar-refractivity contribution >= 4 is 12.4 Å². The van der Waals surface area contributed by atoms with Gasteiger partial charge in [-0.1, -0.05) is 37.3 Å². The Bertz CT molecular complexity index is 384. The van der Waals surface area contributed by atoms with Crippen LogP contribution in [0.4, 0.5) is 0 Å². The summed E-state index contributed by atoms with van der Waals surface area (Å²) in [4.78, 5) is 22.0. The molecule has 0 fully saturated rings. The second-order valence-electron chi connectivity index (χ2n) is 3.24. The molecular formula is C13H14O4. The highest BCUT2D eigenvalue weighted by atomic mass is 16.6. The maximum absolute atomic E-state index is 11.7. The fraction of sp³-hybridized carbons (Fsp3) is 0.231. The number of carbonyl (C=O) groups excluding carboxylic acids is 2. The van der Waals surface area contributed by atoms with E-state index in [9.17, 15) is 9.59 Å². The first-order valence-corrected chi connectivity index (χ1v) is 5.29. The van der Waals surface area contributed by atoms with E-state index in [1.165, 1.54) is 6.26 Å². The Labute approximate surface area is 99.8 Å². The van der Waals surface area contributed by atoms with Gasteiger partial charge in [-0.15, -0.1) is 0 Å². The number of ether oxygens (including phenoxy) is 2. The Morgan fingerprint density at radius 1 is 1.35 bits per heavy atom. The van der Waals surface area contributed by atoms with Gasteiger partial charge in [0.1, 0.15) is 0 Å². The molecule has 0 aliphatic rings. The molecule has 0 amide bonds. The smallest absolute Gasteiger partial charge is 0.357 e. The Balaban J connectivity index is 2.75. The van der Waals surface area contributed by atoms with E-state index < -0.39 is 12.1 Å². The molecule has 4 heteroatoms. The van der Waals surface area contributed by atoms with Gasteiger partial charge in [-0.3, -0.25) is 4.79 Å². The predicted molar refractivity (Wildman–Crippen MR) is 61.9 cm³/mol. The van der Waals surface area contributed by atoms with Gasteiger partial charge in [0.15, 0.2) is 0 Å². The zero-order valence-corrected chi connectivity index (χ0v) is 9.54. The summed E-state index contributed by atoms with van der Waals surface area (Å²) < 4.78 is 9.58. The molecule has 90 valence electrons. The first kappa shape index (κ1) is 13.0. The molecule has 1 unspecified atom stereocenters. The summed E-state index contributed by atoms with van der Waals surface area (Å²) in [6.45, 7) is 2.16. The van der Waals surface area contributed by atoms with E-state index in [-0.39, 0.29) is 6.47 Å². The zero-order chi connectivity index (χ0) is 12.5. The van der Waals surface area contributed by atoms with Crippen LogP contribution in [0.5, 0.6) is 0 Å². The SMILES string of the molecule is CCC=COC(=O)C(OC=O)c1ccccc1. The lowest BCUT2D eigenvalue weighted by Gasteiger charge is -2.12. The summed E-state index contributed by atoms with van der Waals surface area (Å²) >= 11 is 0. The average Bonchev–Trinajstić information content (AvgIpc) is 2.37. The highest BCUT2D eigenvalue weighted by Gasteiger charge is 2.22. The molecule has 0 aliphatic carbocycles. The van der Waals surface area contributed by atoms with E-state index in [0.717, 1.165) is 6.42 Å². The number of benzene rings is 1. The summed E-state index contributed by atoms with van der Waals surface area (Å²) in [5.41, 5.74) is 0.578. The molecule has 0 aromatic heterocycles. The van der Waals surface area contributed by atoms with Crippen LogP contribution in [0.3, 0.4) is 0 Å². The van der Waals surface area contributed by atoms with Crippen molar-refractivity contribution in [3.8, 4) is 0 Å². The molecule has 0 aliphatic heterocycles. The molecule has 0 radical (unpaired) electrons. The van der Waals surface area contributed by atoms with Crippen LogP contribution in [0.1, 0.15) is 25.0 Å². The number of rotatable bonds is 6. The molecule has 4 nitrogen and oxygen atoms in total. The Morgan fingerprint density at radius 2 is 2.06 bits per heavy atom. The lowest BCUT2D eigenvalue weighted by molar-refractivity contribution is -0.157. The number of hydrogen-bond donors (Lipinski definition) is 0. The van der Waals surface area contributed by atoms with Gasteiger partial charge >= 0.3 is 5.97 Å². The van der Waals surface area contributed by atoms with Gasteiger partial charge in [-0.05, 0) is 12.5 Å². The molecular weight excluding hydrogens is 220 g/mol. The Kier molecular flexibility index (Phi) is 5.51. The van der Waals surface area contributed by atoms with Gasteiger partial charge in [0.25, 0.3) is 6.47 Å².